The summed E-state index contributed by atoms with van der Waals surface area (Å²) in [6, 6.07) is 9.89. The lowest BCUT2D eigenvalue weighted by Gasteiger charge is -2.22. The average Bonchev–Trinajstić information content (AvgIpc) is 3.16. The number of nitrogens with one attached hydrogen (secondary N) is 4. The van der Waals surface area contributed by atoms with E-state index in [0.717, 1.165) is 32.8 Å². The fourth-order valence-electron chi connectivity index (χ4n) is 6.17. The number of carbonyl (C=O) groups is 7. The summed E-state index contributed by atoms with van der Waals surface area (Å²) in [4.78, 5) is 91.9. The van der Waals surface area contributed by atoms with E-state index in [1.54, 1.807) is 36.4 Å². The van der Waals surface area contributed by atoms with E-state index in [-0.39, 0.29) is 53.6 Å². The van der Waals surface area contributed by atoms with Crippen LogP contribution in [0.1, 0.15) is 157 Å². The number of ether oxygens (including phenoxy) is 1. The Hall–Kier alpha value is -4.87. The van der Waals surface area contributed by atoms with Gasteiger partial charge in [0.1, 0.15) is 12.1 Å². The molecule has 2 unspecified atom stereocenters. The lowest BCUT2D eigenvalue weighted by atomic mass is 9.99. The third kappa shape index (κ3) is 17.9. The number of hydrogen-bond donors (Lipinski definition) is 4. The van der Waals surface area contributed by atoms with E-state index in [0.29, 0.717) is 19.3 Å². The molecule has 0 aliphatic carbocycles. The van der Waals surface area contributed by atoms with Crippen molar-refractivity contribution in [3.63, 3.8) is 0 Å². The fourth-order valence-corrected chi connectivity index (χ4v) is 6.17. The molecule has 302 valence electrons. The zero-order valence-corrected chi connectivity index (χ0v) is 33.3. The second-order valence-corrected chi connectivity index (χ2v) is 13.9. The Kier molecular flexibility index (Phi) is 22.6. The smallest absolute Gasteiger partial charge is 0.328 e. The Morgan fingerprint density at radius 3 is 1.40 bits per heavy atom. The average molecular weight is 763 g/mol. The summed E-state index contributed by atoms with van der Waals surface area (Å²) < 4.78 is 4.91. The minimum Gasteiger partial charge on any atom is -0.467 e. The van der Waals surface area contributed by atoms with Crippen LogP contribution >= 0.6 is 0 Å². The molecule has 0 radical (unpaired) electrons. The zero-order chi connectivity index (χ0) is 40.4. The van der Waals surface area contributed by atoms with E-state index in [2.05, 4.69) is 28.2 Å². The Morgan fingerprint density at radius 2 is 0.945 bits per heavy atom. The van der Waals surface area contributed by atoms with Gasteiger partial charge in [0.2, 0.25) is 23.6 Å². The predicted octanol–water partition coefficient (Wildman–Crippen LogP) is 7.85. The van der Waals surface area contributed by atoms with Gasteiger partial charge in [-0.25, -0.2) is 4.79 Å². The number of unbranched alkanes of at least 4 members (excludes halogenated alkanes) is 10. The number of hydrogen-bond acceptors (Lipinski definition) is 8. The number of amides is 4. The molecule has 2 atom stereocenters. The molecule has 0 fully saturated rings. The number of ketones is 2. The van der Waals surface area contributed by atoms with Crippen molar-refractivity contribution < 1.29 is 38.3 Å². The number of esters is 1. The van der Waals surface area contributed by atoms with Crippen LogP contribution in [0.15, 0.2) is 48.5 Å². The van der Waals surface area contributed by atoms with Crippen LogP contribution in [0.2, 0.25) is 0 Å². The quantitative estimate of drug-likeness (QED) is 0.0385. The molecular formula is C43H62N4O8. The monoisotopic (exact) mass is 762 g/mol. The second-order valence-electron chi connectivity index (χ2n) is 13.9. The molecule has 0 aromatic heterocycles. The first kappa shape index (κ1) is 46.3. The van der Waals surface area contributed by atoms with Gasteiger partial charge in [0, 0.05) is 43.2 Å². The van der Waals surface area contributed by atoms with Crippen LogP contribution in [0, 0.1) is 0 Å². The standard InChI is InChI=1S/C43H62N4O8/c1-5-8-9-10-11-12-13-14-15-16-17-28-41(52)46-35(29-37(48)31-24-18-20-26-33(31)44-39(50)22-6-2)42(53)47-36(43(54)55-4)30-38(49)32-25-19-21-27-34(32)45-40(51)23-7-3/h18-21,24-27,35-36H,5-17,22-23,28-30H2,1-4H3,(H,44,50)(H,45,51)(H,46,52)(H,47,53). The van der Waals surface area contributed by atoms with Crippen LogP contribution in [0.4, 0.5) is 11.4 Å². The number of para-hydroxylation sites is 2. The number of anilines is 2. The lowest BCUT2D eigenvalue weighted by molar-refractivity contribution is -0.145. The van der Waals surface area contributed by atoms with Gasteiger partial charge in [-0.3, -0.25) is 28.8 Å². The van der Waals surface area contributed by atoms with Crippen LogP contribution in [0.25, 0.3) is 0 Å². The summed E-state index contributed by atoms with van der Waals surface area (Å²) in [5.74, 6) is -3.82. The Bertz CT molecular complexity index is 1560. The second kappa shape index (κ2) is 26.8. The van der Waals surface area contributed by atoms with Crippen LogP contribution in [0.3, 0.4) is 0 Å². The molecule has 0 saturated carbocycles. The summed E-state index contributed by atoms with van der Waals surface area (Å²) in [6.07, 6.45) is 13.1. The fraction of sp³-hybridized carbons (Fsp3) is 0.558. The Balaban J connectivity index is 2.20. The normalized spacial score (nSPS) is 11.9. The van der Waals surface area contributed by atoms with E-state index < -0.39 is 54.3 Å². The van der Waals surface area contributed by atoms with Crippen LogP contribution < -0.4 is 21.3 Å². The Labute approximate surface area is 326 Å². The zero-order valence-electron chi connectivity index (χ0n) is 33.3. The highest BCUT2D eigenvalue weighted by atomic mass is 16.5. The topological polar surface area (TPSA) is 177 Å². The van der Waals surface area contributed by atoms with Crippen LogP contribution in [0.5, 0.6) is 0 Å². The number of carbonyl (C=O) groups excluding carboxylic acids is 7. The van der Waals surface area contributed by atoms with Gasteiger partial charge in [-0.1, -0.05) is 109 Å². The Morgan fingerprint density at radius 1 is 0.509 bits per heavy atom. The molecule has 4 N–H and O–H groups in total. The molecule has 12 nitrogen and oxygen atoms in total. The molecule has 0 heterocycles. The summed E-state index contributed by atoms with van der Waals surface area (Å²) in [5, 5.41) is 10.7. The van der Waals surface area contributed by atoms with Crippen molar-refractivity contribution in [2.75, 3.05) is 17.7 Å². The molecule has 0 saturated heterocycles. The van der Waals surface area contributed by atoms with E-state index in [1.165, 1.54) is 50.7 Å². The summed E-state index contributed by atoms with van der Waals surface area (Å²) in [5.41, 5.74) is 0.846. The number of Topliss-reactive ketones (excluding diaryl/α,β-unsaturated/α-hetero) is 2. The third-order valence-electron chi connectivity index (χ3n) is 9.20. The third-order valence-corrected chi connectivity index (χ3v) is 9.20. The molecule has 4 amide bonds. The van der Waals surface area contributed by atoms with Crippen LogP contribution in [-0.4, -0.2) is 60.4 Å². The number of methoxy groups -OCH3 is 1. The van der Waals surface area contributed by atoms with Gasteiger partial charge >= 0.3 is 5.97 Å². The molecule has 0 aliphatic rings. The van der Waals surface area contributed by atoms with Gasteiger partial charge in [0.05, 0.1) is 18.5 Å². The molecule has 2 aromatic carbocycles. The van der Waals surface area contributed by atoms with Crippen LogP contribution in [-0.2, 0) is 28.7 Å². The molecule has 55 heavy (non-hydrogen) atoms. The highest BCUT2D eigenvalue weighted by Crippen LogP contribution is 2.21. The minimum atomic E-state index is -1.47. The maximum atomic E-state index is 13.9. The van der Waals surface area contributed by atoms with Gasteiger partial charge in [-0.05, 0) is 43.5 Å². The molecular weight excluding hydrogens is 700 g/mol. The van der Waals surface area contributed by atoms with E-state index in [4.69, 9.17) is 4.74 Å². The molecule has 0 bridgehead atoms. The first-order chi connectivity index (χ1) is 26.5. The highest BCUT2D eigenvalue weighted by molar-refractivity contribution is 6.08. The highest BCUT2D eigenvalue weighted by Gasteiger charge is 2.32. The SMILES string of the molecule is CCCCCCCCCCCCCC(=O)NC(CC(=O)c1ccccc1NC(=O)CCC)C(=O)NC(CC(=O)c1ccccc1NC(=O)CCC)C(=O)OC. The van der Waals surface area contributed by atoms with Gasteiger partial charge in [-0.2, -0.15) is 0 Å². The number of rotatable bonds is 28. The maximum Gasteiger partial charge on any atom is 0.328 e. The van der Waals surface area contributed by atoms with Crippen molar-refractivity contribution in [2.24, 2.45) is 0 Å². The van der Waals surface area contributed by atoms with Crippen molar-refractivity contribution in [3.8, 4) is 0 Å². The maximum absolute atomic E-state index is 13.9. The van der Waals surface area contributed by atoms with Crippen molar-refractivity contribution in [3.05, 3.63) is 59.7 Å². The van der Waals surface area contributed by atoms with Crippen molar-refractivity contribution in [1.82, 2.24) is 10.6 Å². The van der Waals surface area contributed by atoms with E-state index >= 15 is 0 Å². The first-order valence-electron chi connectivity index (χ1n) is 20.1. The molecule has 12 heteroatoms. The summed E-state index contributed by atoms with van der Waals surface area (Å²) in [7, 11) is 1.12. The molecule has 0 spiro atoms. The van der Waals surface area contributed by atoms with Gasteiger partial charge in [-0.15, -0.1) is 0 Å². The predicted molar refractivity (Wildman–Crippen MR) is 215 cm³/mol. The summed E-state index contributed by atoms with van der Waals surface area (Å²) >= 11 is 0. The minimum absolute atomic E-state index is 0.137. The lowest BCUT2D eigenvalue weighted by Crippen LogP contribution is -2.53. The molecule has 0 aliphatic heterocycles. The molecule has 2 aromatic rings. The largest absolute Gasteiger partial charge is 0.467 e. The van der Waals surface area contributed by atoms with Gasteiger partial charge in [0.15, 0.2) is 11.6 Å². The van der Waals surface area contributed by atoms with Crippen molar-refractivity contribution >= 4 is 52.5 Å². The van der Waals surface area contributed by atoms with Gasteiger partial charge in [0.25, 0.3) is 0 Å². The van der Waals surface area contributed by atoms with E-state index in [9.17, 15) is 33.6 Å². The molecule has 2 rings (SSSR count). The van der Waals surface area contributed by atoms with Crippen molar-refractivity contribution in [2.45, 2.75) is 148 Å². The first-order valence-corrected chi connectivity index (χ1v) is 20.1. The number of benzene rings is 2. The van der Waals surface area contributed by atoms with Gasteiger partial charge < -0.3 is 26.0 Å². The van der Waals surface area contributed by atoms with Crippen molar-refractivity contribution in [1.29, 1.82) is 0 Å². The summed E-state index contributed by atoms with van der Waals surface area (Å²) in [6.45, 7) is 5.92. The van der Waals surface area contributed by atoms with E-state index in [1.807, 2.05) is 13.8 Å².